The molecule has 2 aromatic heterocycles. The number of nitrogens with zero attached hydrogens (tertiary/aromatic N) is 4. The lowest BCUT2D eigenvalue weighted by atomic mass is 10.2. The van der Waals surface area contributed by atoms with Gasteiger partial charge in [0.2, 0.25) is 0 Å². The van der Waals surface area contributed by atoms with E-state index >= 15 is 0 Å². The van der Waals surface area contributed by atoms with Crippen molar-refractivity contribution in [1.82, 2.24) is 20.1 Å². The van der Waals surface area contributed by atoms with E-state index in [1.54, 1.807) is 23.0 Å². The average molecular weight is 355 g/mol. The summed E-state index contributed by atoms with van der Waals surface area (Å²) in [5.41, 5.74) is 2.00. The number of sulfonamides is 1. The Balaban J connectivity index is 1.58. The predicted molar refractivity (Wildman–Crippen MR) is 90.4 cm³/mol. The van der Waals surface area contributed by atoms with Gasteiger partial charge in [-0.05, 0) is 28.0 Å². The Bertz CT molecular complexity index is 1120. The molecule has 4 aromatic rings. The number of anilines is 1. The Morgan fingerprint density at radius 2 is 1.88 bits per heavy atom. The van der Waals surface area contributed by atoms with Crippen molar-refractivity contribution in [2.24, 2.45) is 0 Å². The molecule has 4 rings (SSSR count). The molecule has 2 aromatic carbocycles. The molecule has 0 fully saturated rings. The molecule has 0 aliphatic rings. The fraction of sp³-hybridized carbons (Fsp3) is 0.0625. The molecule has 0 spiro atoms. The molecule has 0 amide bonds. The monoisotopic (exact) mass is 355 g/mol. The van der Waals surface area contributed by atoms with E-state index in [-0.39, 0.29) is 10.4 Å². The van der Waals surface area contributed by atoms with Crippen LogP contribution in [0.4, 0.5) is 5.69 Å². The van der Waals surface area contributed by atoms with Gasteiger partial charge in [0.15, 0.2) is 5.52 Å². The summed E-state index contributed by atoms with van der Waals surface area (Å²) >= 11 is 0. The summed E-state index contributed by atoms with van der Waals surface area (Å²) in [5.74, 6) is 0. The average Bonchev–Trinajstić information content (AvgIpc) is 3.24. The van der Waals surface area contributed by atoms with Crippen molar-refractivity contribution < 1.29 is 13.0 Å². The van der Waals surface area contributed by atoms with Crippen LogP contribution in [0.25, 0.3) is 11.0 Å². The Kier molecular flexibility index (Phi) is 3.69. The van der Waals surface area contributed by atoms with Gasteiger partial charge in [-0.25, -0.2) is 13.0 Å². The van der Waals surface area contributed by atoms with E-state index in [4.69, 9.17) is 0 Å². The highest BCUT2D eigenvalue weighted by molar-refractivity contribution is 7.93. The van der Waals surface area contributed by atoms with Gasteiger partial charge in [0.25, 0.3) is 10.0 Å². The first-order valence-corrected chi connectivity index (χ1v) is 8.91. The zero-order valence-electron chi connectivity index (χ0n) is 12.9. The number of nitrogens with one attached hydrogen (secondary N) is 1. The summed E-state index contributed by atoms with van der Waals surface area (Å²) in [7, 11) is -3.84. The van der Waals surface area contributed by atoms with Crippen molar-refractivity contribution in [3.63, 3.8) is 0 Å². The zero-order chi connectivity index (χ0) is 17.3. The van der Waals surface area contributed by atoms with E-state index in [1.165, 1.54) is 12.3 Å². The molecule has 9 heteroatoms. The minimum atomic E-state index is -3.84. The standard InChI is InChI=1S/C16H13N5O3S/c22-25(23,15-8-4-7-14-16(15)19-24-18-14)20-13-9-17-21(11-13)10-12-5-2-1-3-6-12/h1-9,11,20H,10H2. The zero-order valence-corrected chi connectivity index (χ0v) is 13.7. The summed E-state index contributed by atoms with van der Waals surface area (Å²) < 4.78 is 34.0. The molecule has 126 valence electrons. The topological polar surface area (TPSA) is 103 Å². The van der Waals surface area contributed by atoms with E-state index in [9.17, 15) is 8.42 Å². The molecule has 0 radical (unpaired) electrons. The number of rotatable bonds is 5. The van der Waals surface area contributed by atoms with Crippen LogP contribution in [-0.2, 0) is 16.6 Å². The second-order valence-corrected chi connectivity index (χ2v) is 7.06. The van der Waals surface area contributed by atoms with E-state index in [0.717, 1.165) is 5.56 Å². The van der Waals surface area contributed by atoms with Crippen molar-refractivity contribution in [2.75, 3.05) is 4.72 Å². The maximum absolute atomic E-state index is 12.6. The summed E-state index contributed by atoms with van der Waals surface area (Å²) in [5, 5.41) is 11.5. The van der Waals surface area contributed by atoms with E-state index < -0.39 is 10.0 Å². The summed E-state index contributed by atoms with van der Waals surface area (Å²) in [6.07, 6.45) is 3.09. The summed E-state index contributed by atoms with van der Waals surface area (Å²) in [6, 6.07) is 14.4. The molecule has 2 heterocycles. The molecule has 0 unspecified atom stereocenters. The Morgan fingerprint density at radius 3 is 2.72 bits per heavy atom. The maximum atomic E-state index is 12.6. The molecule has 8 nitrogen and oxygen atoms in total. The minimum absolute atomic E-state index is 0.00191. The fourth-order valence-electron chi connectivity index (χ4n) is 2.48. The van der Waals surface area contributed by atoms with Gasteiger partial charge in [0.1, 0.15) is 10.4 Å². The van der Waals surface area contributed by atoms with Crippen molar-refractivity contribution in [3.05, 3.63) is 66.5 Å². The van der Waals surface area contributed by atoms with E-state index in [0.29, 0.717) is 17.7 Å². The second kappa shape index (κ2) is 6.02. The van der Waals surface area contributed by atoms with Crippen LogP contribution >= 0.6 is 0 Å². The quantitative estimate of drug-likeness (QED) is 0.589. The SMILES string of the molecule is O=S(=O)(Nc1cnn(Cc2ccccc2)c1)c1cccc2nonc12. The van der Waals surface area contributed by atoms with Crippen LogP contribution in [0.15, 0.2) is 70.4 Å². The minimum Gasteiger partial charge on any atom is -0.276 e. The molecule has 0 aliphatic heterocycles. The third-order valence-corrected chi connectivity index (χ3v) is 5.02. The molecule has 0 saturated carbocycles. The Hall–Kier alpha value is -3.20. The van der Waals surface area contributed by atoms with Crippen molar-refractivity contribution in [2.45, 2.75) is 11.4 Å². The van der Waals surface area contributed by atoms with Crippen LogP contribution in [0.5, 0.6) is 0 Å². The highest BCUT2D eigenvalue weighted by Crippen LogP contribution is 2.22. The molecule has 25 heavy (non-hydrogen) atoms. The first-order valence-electron chi connectivity index (χ1n) is 7.42. The van der Waals surface area contributed by atoms with Crippen LogP contribution in [-0.4, -0.2) is 28.5 Å². The second-order valence-electron chi connectivity index (χ2n) is 5.41. The first-order chi connectivity index (χ1) is 12.1. The lowest BCUT2D eigenvalue weighted by molar-refractivity contribution is 0.315. The molecule has 0 bridgehead atoms. The van der Waals surface area contributed by atoms with Crippen molar-refractivity contribution in [1.29, 1.82) is 0 Å². The van der Waals surface area contributed by atoms with Crippen LogP contribution in [0, 0.1) is 0 Å². The predicted octanol–water partition coefficient (Wildman–Crippen LogP) is 2.27. The van der Waals surface area contributed by atoms with E-state index in [2.05, 4.69) is 24.8 Å². The molecule has 0 aliphatic carbocycles. The van der Waals surface area contributed by atoms with Crippen molar-refractivity contribution in [3.8, 4) is 0 Å². The maximum Gasteiger partial charge on any atom is 0.264 e. The van der Waals surface area contributed by atoms with Gasteiger partial charge in [-0.15, -0.1) is 0 Å². The lowest BCUT2D eigenvalue weighted by Gasteiger charge is -2.05. The summed E-state index contributed by atoms with van der Waals surface area (Å²) in [4.78, 5) is 0.00191. The number of hydrogen-bond acceptors (Lipinski definition) is 6. The molecular weight excluding hydrogens is 342 g/mol. The van der Waals surface area contributed by atoms with Crippen LogP contribution < -0.4 is 4.72 Å². The Labute approximate surface area is 143 Å². The number of aromatic nitrogens is 4. The third kappa shape index (κ3) is 3.09. The first kappa shape index (κ1) is 15.3. The smallest absolute Gasteiger partial charge is 0.264 e. The van der Waals surface area contributed by atoms with Gasteiger partial charge >= 0.3 is 0 Å². The highest BCUT2D eigenvalue weighted by Gasteiger charge is 2.21. The van der Waals surface area contributed by atoms with Gasteiger partial charge in [0, 0.05) is 6.20 Å². The van der Waals surface area contributed by atoms with Crippen LogP contribution in [0.3, 0.4) is 0 Å². The number of hydrogen-bond donors (Lipinski definition) is 1. The Morgan fingerprint density at radius 1 is 1.04 bits per heavy atom. The molecular formula is C16H13N5O3S. The fourth-order valence-corrected chi connectivity index (χ4v) is 3.66. The van der Waals surface area contributed by atoms with Gasteiger partial charge in [-0.1, -0.05) is 36.4 Å². The van der Waals surface area contributed by atoms with Crippen LogP contribution in [0.2, 0.25) is 0 Å². The number of fused-ring (bicyclic) bond motifs is 1. The highest BCUT2D eigenvalue weighted by atomic mass is 32.2. The lowest BCUT2D eigenvalue weighted by Crippen LogP contribution is -2.13. The van der Waals surface area contributed by atoms with Crippen molar-refractivity contribution >= 4 is 26.7 Å². The molecule has 0 atom stereocenters. The van der Waals surface area contributed by atoms with Gasteiger partial charge < -0.3 is 0 Å². The van der Waals surface area contributed by atoms with Gasteiger partial charge in [0.05, 0.1) is 18.4 Å². The summed E-state index contributed by atoms with van der Waals surface area (Å²) in [6.45, 7) is 0.547. The van der Waals surface area contributed by atoms with Gasteiger partial charge in [-0.3, -0.25) is 9.40 Å². The van der Waals surface area contributed by atoms with E-state index in [1.807, 2.05) is 30.3 Å². The van der Waals surface area contributed by atoms with Gasteiger partial charge in [-0.2, -0.15) is 5.10 Å². The molecule has 0 saturated heterocycles. The normalized spacial score (nSPS) is 11.7. The number of benzene rings is 2. The molecule has 1 N–H and O–H groups in total. The van der Waals surface area contributed by atoms with Crippen LogP contribution in [0.1, 0.15) is 5.56 Å². The third-order valence-electron chi connectivity index (χ3n) is 3.61. The largest absolute Gasteiger partial charge is 0.276 e.